The molecule has 0 radical (unpaired) electrons. The number of aromatic nitrogens is 4. The Morgan fingerprint density at radius 2 is 2.05 bits per heavy atom. The molecule has 4 rings (SSSR count). The van der Waals surface area contributed by atoms with Crippen molar-refractivity contribution in [3.63, 3.8) is 0 Å². The van der Waals surface area contributed by atoms with E-state index in [9.17, 15) is 0 Å². The number of furan rings is 1. The Kier molecular flexibility index (Phi) is 3.57. The SMILES string of the molecule is Clc1snnc1CSc1nnc(-c2cc3ccccc3o2)o1. The van der Waals surface area contributed by atoms with Crippen LogP contribution in [0.2, 0.25) is 4.34 Å². The quantitative estimate of drug-likeness (QED) is 0.508. The predicted octanol–water partition coefficient (Wildman–Crippen LogP) is 4.28. The zero-order valence-electron chi connectivity index (χ0n) is 10.9. The molecule has 0 fully saturated rings. The molecule has 4 aromatic rings. The molecule has 0 aliphatic carbocycles. The van der Waals surface area contributed by atoms with Gasteiger partial charge < -0.3 is 8.83 Å². The van der Waals surface area contributed by atoms with Crippen LogP contribution in [0.1, 0.15) is 5.69 Å². The molecule has 0 atom stereocenters. The molecular formula is C13H7ClN4O2S2. The zero-order chi connectivity index (χ0) is 14.9. The maximum absolute atomic E-state index is 5.95. The van der Waals surface area contributed by atoms with Crippen molar-refractivity contribution in [1.29, 1.82) is 0 Å². The van der Waals surface area contributed by atoms with Crippen LogP contribution < -0.4 is 0 Å². The minimum atomic E-state index is 0.348. The van der Waals surface area contributed by atoms with Crippen molar-refractivity contribution < 1.29 is 8.83 Å². The molecule has 0 spiro atoms. The summed E-state index contributed by atoms with van der Waals surface area (Å²) in [5.74, 6) is 1.42. The lowest BCUT2D eigenvalue weighted by molar-refractivity contribution is 0.451. The molecule has 22 heavy (non-hydrogen) atoms. The van der Waals surface area contributed by atoms with Gasteiger partial charge in [-0.15, -0.1) is 15.3 Å². The molecule has 0 unspecified atom stereocenters. The summed E-state index contributed by atoms with van der Waals surface area (Å²) in [4.78, 5) is 0. The van der Waals surface area contributed by atoms with Gasteiger partial charge in [-0.1, -0.05) is 46.1 Å². The molecule has 110 valence electrons. The highest BCUT2D eigenvalue weighted by atomic mass is 35.5. The van der Waals surface area contributed by atoms with Gasteiger partial charge in [0.05, 0.1) is 0 Å². The smallest absolute Gasteiger partial charge is 0.284 e. The number of nitrogens with zero attached hydrogens (tertiary/aromatic N) is 4. The van der Waals surface area contributed by atoms with E-state index in [4.69, 9.17) is 20.4 Å². The average Bonchev–Trinajstić information content (AvgIpc) is 3.24. The first-order valence-corrected chi connectivity index (χ1v) is 8.35. The van der Waals surface area contributed by atoms with Gasteiger partial charge in [-0.25, -0.2) is 0 Å². The molecule has 1 aromatic carbocycles. The lowest BCUT2D eigenvalue weighted by Gasteiger charge is -1.91. The van der Waals surface area contributed by atoms with Gasteiger partial charge >= 0.3 is 0 Å². The predicted molar refractivity (Wildman–Crippen MR) is 84.0 cm³/mol. The molecule has 0 bridgehead atoms. The number of hydrogen-bond donors (Lipinski definition) is 0. The molecule has 9 heteroatoms. The first-order chi connectivity index (χ1) is 10.8. The number of rotatable bonds is 4. The van der Waals surface area contributed by atoms with Gasteiger partial charge in [0.1, 0.15) is 15.6 Å². The summed E-state index contributed by atoms with van der Waals surface area (Å²) in [5, 5.41) is 13.3. The third-order valence-corrected chi connectivity index (χ3v) is 4.70. The van der Waals surface area contributed by atoms with Crippen LogP contribution in [0.4, 0.5) is 0 Å². The zero-order valence-corrected chi connectivity index (χ0v) is 13.3. The van der Waals surface area contributed by atoms with Gasteiger partial charge in [0, 0.05) is 22.7 Å². The van der Waals surface area contributed by atoms with E-state index in [-0.39, 0.29) is 0 Å². The van der Waals surface area contributed by atoms with Gasteiger partial charge in [-0.3, -0.25) is 0 Å². The first kappa shape index (κ1) is 13.7. The van der Waals surface area contributed by atoms with E-state index in [1.54, 1.807) is 0 Å². The summed E-state index contributed by atoms with van der Waals surface area (Å²) in [6, 6.07) is 9.59. The van der Waals surface area contributed by atoms with Crippen LogP contribution in [0.3, 0.4) is 0 Å². The number of halogens is 1. The maximum Gasteiger partial charge on any atom is 0.284 e. The topological polar surface area (TPSA) is 77.8 Å². The number of benzene rings is 1. The van der Waals surface area contributed by atoms with Crippen LogP contribution in [0.15, 0.2) is 44.4 Å². The van der Waals surface area contributed by atoms with E-state index >= 15 is 0 Å². The Morgan fingerprint density at radius 3 is 2.86 bits per heavy atom. The van der Waals surface area contributed by atoms with Crippen molar-refractivity contribution in [3.8, 4) is 11.7 Å². The molecule has 0 saturated carbocycles. The highest BCUT2D eigenvalue weighted by molar-refractivity contribution is 7.98. The van der Waals surface area contributed by atoms with E-state index in [0.29, 0.717) is 32.7 Å². The molecule has 0 aliphatic rings. The minimum absolute atomic E-state index is 0.348. The van der Waals surface area contributed by atoms with E-state index in [1.165, 1.54) is 11.8 Å². The molecule has 0 saturated heterocycles. The van der Waals surface area contributed by atoms with Crippen LogP contribution in [-0.4, -0.2) is 19.8 Å². The van der Waals surface area contributed by atoms with E-state index in [2.05, 4.69) is 19.8 Å². The Bertz CT molecular complexity index is 900. The van der Waals surface area contributed by atoms with Crippen LogP contribution >= 0.6 is 34.9 Å². The fourth-order valence-corrected chi connectivity index (χ4v) is 3.36. The van der Waals surface area contributed by atoms with E-state index in [1.807, 2.05) is 30.3 Å². The van der Waals surface area contributed by atoms with Crippen molar-refractivity contribution in [2.45, 2.75) is 11.0 Å². The van der Waals surface area contributed by atoms with Crippen LogP contribution in [0, 0.1) is 0 Å². The number of fused-ring (bicyclic) bond motifs is 1. The summed E-state index contributed by atoms with van der Waals surface area (Å²) >= 11 is 8.46. The van der Waals surface area contributed by atoms with E-state index < -0.39 is 0 Å². The summed E-state index contributed by atoms with van der Waals surface area (Å²) in [7, 11) is 0. The summed E-state index contributed by atoms with van der Waals surface area (Å²) in [6.45, 7) is 0. The summed E-state index contributed by atoms with van der Waals surface area (Å²) < 4.78 is 15.6. The fraction of sp³-hybridized carbons (Fsp3) is 0.0769. The number of hydrogen-bond acceptors (Lipinski definition) is 8. The van der Waals surface area contributed by atoms with Crippen molar-refractivity contribution in [2.75, 3.05) is 0 Å². The largest absolute Gasteiger partial charge is 0.451 e. The Labute approximate surface area is 137 Å². The summed E-state index contributed by atoms with van der Waals surface area (Å²) in [5.41, 5.74) is 1.49. The normalized spacial score (nSPS) is 11.3. The summed E-state index contributed by atoms with van der Waals surface area (Å²) in [6.07, 6.45) is 0. The number of para-hydroxylation sites is 1. The average molecular weight is 351 g/mol. The lowest BCUT2D eigenvalue weighted by atomic mass is 10.2. The molecular weight excluding hydrogens is 344 g/mol. The van der Waals surface area contributed by atoms with Gasteiger partial charge in [-0.2, -0.15) is 0 Å². The Morgan fingerprint density at radius 1 is 1.14 bits per heavy atom. The third-order valence-electron chi connectivity index (χ3n) is 2.88. The maximum atomic E-state index is 5.95. The number of thioether (sulfide) groups is 1. The lowest BCUT2D eigenvalue weighted by Crippen LogP contribution is -1.82. The Balaban J connectivity index is 1.54. The molecule has 3 heterocycles. The molecule has 3 aromatic heterocycles. The highest BCUT2D eigenvalue weighted by Gasteiger charge is 2.15. The van der Waals surface area contributed by atoms with Gasteiger partial charge in [0.15, 0.2) is 5.76 Å². The standard InChI is InChI=1S/C13H7ClN4O2S2/c14-11-8(15-18-22-11)6-21-13-17-16-12(20-13)10-5-7-3-1-2-4-9(7)19-10/h1-5H,6H2. The molecule has 6 nitrogen and oxygen atoms in total. The van der Waals surface area contributed by atoms with E-state index in [0.717, 1.165) is 22.5 Å². The van der Waals surface area contributed by atoms with Crippen molar-refractivity contribution in [2.24, 2.45) is 0 Å². The van der Waals surface area contributed by atoms with Crippen LogP contribution in [0.25, 0.3) is 22.6 Å². The molecule has 0 amide bonds. The second kappa shape index (κ2) is 5.71. The van der Waals surface area contributed by atoms with Crippen molar-refractivity contribution >= 4 is 45.9 Å². The van der Waals surface area contributed by atoms with Gasteiger partial charge in [-0.05, 0) is 12.1 Å². The van der Waals surface area contributed by atoms with Crippen molar-refractivity contribution in [1.82, 2.24) is 19.8 Å². The Hall–Kier alpha value is -1.90. The van der Waals surface area contributed by atoms with Gasteiger partial charge in [0.2, 0.25) is 0 Å². The second-order valence-electron chi connectivity index (χ2n) is 4.30. The fourth-order valence-electron chi connectivity index (χ4n) is 1.87. The third kappa shape index (κ3) is 2.60. The minimum Gasteiger partial charge on any atom is -0.451 e. The molecule has 0 N–H and O–H groups in total. The highest BCUT2D eigenvalue weighted by Crippen LogP contribution is 2.30. The second-order valence-corrected chi connectivity index (χ2v) is 6.59. The van der Waals surface area contributed by atoms with Gasteiger partial charge in [0.25, 0.3) is 11.1 Å². The van der Waals surface area contributed by atoms with Crippen LogP contribution in [0.5, 0.6) is 0 Å². The van der Waals surface area contributed by atoms with Crippen molar-refractivity contribution in [3.05, 3.63) is 40.4 Å². The van der Waals surface area contributed by atoms with Crippen LogP contribution in [-0.2, 0) is 5.75 Å². The first-order valence-electron chi connectivity index (χ1n) is 6.21. The monoisotopic (exact) mass is 350 g/mol. The molecule has 0 aliphatic heterocycles.